The Morgan fingerprint density at radius 3 is 2.07 bits per heavy atom. The van der Waals surface area contributed by atoms with Crippen LogP contribution in [0.15, 0.2) is 48.5 Å². The van der Waals surface area contributed by atoms with Gasteiger partial charge in [-0.1, -0.05) is 48.3 Å². The lowest BCUT2D eigenvalue weighted by Crippen LogP contribution is -2.41. The Morgan fingerprint density at radius 2 is 1.59 bits per heavy atom. The molecule has 7 heteroatoms. The fraction of sp³-hybridized carbons (Fsp3) is 0.409. The number of amides is 1. The molecule has 0 radical (unpaired) electrons. The van der Waals surface area contributed by atoms with Crippen molar-refractivity contribution in [3.05, 3.63) is 60.2 Å². The zero-order valence-corrected chi connectivity index (χ0v) is 17.7. The Kier molecular flexibility index (Phi) is 10.1. The second-order valence-corrected chi connectivity index (χ2v) is 7.40. The van der Waals surface area contributed by atoms with Crippen LogP contribution in [-0.4, -0.2) is 50.4 Å². The summed E-state index contributed by atoms with van der Waals surface area (Å²) >= 11 is 1.61. The van der Waals surface area contributed by atoms with Gasteiger partial charge in [0.25, 0.3) is 0 Å². The van der Waals surface area contributed by atoms with Crippen LogP contribution in [-0.2, 0) is 9.53 Å². The average Bonchev–Trinajstić information content (AvgIpc) is 3.61. The van der Waals surface area contributed by atoms with Crippen LogP contribution in [0.1, 0.15) is 12.8 Å². The maximum Gasteiger partial charge on any atom is 0.225 e. The molecule has 1 heterocycles. The first-order valence-electron chi connectivity index (χ1n) is 9.64. The van der Waals surface area contributed by atoms with E-state index >= 15 is 0 Å². The van der Waals surface area contributed by atoms with Crippen LogP contribution in [0.5, 0.6) is 0 Å². The Morgan fingerprint density at radius 1 is 1.03 bits per heavy atom. The standard InChI is InChI=1S/C12H8F2.C8H13NO2.C2H7NS/c13-10-7-4-8-11(14)12(10)9-5-2-1-3-6-9;10-8(7-1-2-7)9-3-5-11-6-4-9;1-3-4-2/h1-8H;7H,1-6H2;3H,1-2H3. The molecule has 2 aromatic rings. The lowest BCUT2D eigenvalue weighted by Gasteiger charge is -2.26. The minimum atomic E-state index is -0.531. The highest BCUT2D eigenvalue weighted by Gasteiger charge is 2.33. The van der Waals surface area contributed by atoms with E-state index < -0.39 is 11.6 Å². The van der Waals surface area contributed by atoms with Gasteiger partial charge in [-0.15, -0.1) is 0 Å². The minimum Gasteiger partial charge on any atom is -0.378 e. The zero-order valence-electron chi connectivity index (χ0n) is 16.9. The van der Waals surface area contributed by atoms with Crippen molar-refractivity contribution in [2.24, 2.45) is 5.92 Å². The third-order valence-electron chi connectivity index (χ3n) is 4.48. The van der Waals surface area contributed by atoms with Crippen molar-refractivity contribution >= 4 is 17.9 Å². The van der Waals surface area contributed by atoms with Crippen molar-refractivity contribution in [1.29, 1.82) is 0 Å². The molecule has 0 atom stereocenters. The number of hydrogen-bond acceptors (Lipinski definition) is 4. The molecule has 29 heavy (non-hydrogen) atoms. The number of morpholine rings is 1. The van der Waals surface area contributed by atoms with Gasteiger partial charge in [-0.05, 0) is 43.8 Å². The summed E-state index contributed by atoms with van der Waals surface area (Å²) in [7, 11) is 1.89. The van der Waals surface area contributed by atoms with Crippen molar-refractivity contribution in [2.75, 3.05) is 39.6 Å². The Hall–Kier alpha value is -1.96. The highest BCUT2D eigenvalue weighted by molar-refractivity contribution is 7.96. The first-order chi connectivity index (χ1) is 14.1. The molecule has 1 aliphatic carbocycles. The molecule has 4 nitrogen and oxygen atoms in total. The molecular weight excluding hydrogens is 394 g/mol. The summed E-state index contributed by atoms with van der Waals surface area (Å²) in [5.41, 5.74) is 0.594. The van der Waals surface area contributed by atoms with Gasteiger partial charge in [-0.3, -0.25) is 9.52 Å². The first kappa shape index (κ1) is 23.3. The molecule has 0 bridgehead atoms. The molecule has 1 saturated carbocycles. The van der Waals surface area contributed by atoms with Crippen molar-refractivity contribution in [3.63, 3.8) is 0 Å². The largest absolute Gasteiger partial charge is 0.378 e. The fourth-order valence-corrected chi connectivity index (χ4v) is 2.75. The summed E-state index contributed by atoms with van der Waals surface area (Å²) in [4.78, 5) is 13.4. The number of halogens is 2. The van der Waals surface area contributed by atoms with Gasteiger partial charge in [0.15, 0.2) is 0 Å². The molecule has 2 aromatic carbocycles. The summed E-state index contributed by atoms with van der Waals surface area (Å²) in [5.74, 6) is -0.339. The summed E-state index contributed by atoms with van der Waals surface area (Å²) < 4.78 is 34.6. The number of benzene rings is 2. The maximum atomic E-state index is 13.3. The van der Waals surface area contributed by atoms with E-state index in [1.807, 2.05) is 24.3 Å². The number of nitrogens with one attached hydrogen (secondary N) is 1. The molecule has 1 saturated heterocycles. The van der Waals surface area contributed by atoms with E-state index in [1.54, 1.807) is 36.2 Å². The van der Waals surface area contributed by atoms with Crippen molar-refractivity contribution in [2.45, 2.75) is 12.8 Å². The third-order valence-corrected chi connectivity index (χ3v) is 4.89. The van der Waals surface area contributed by atoms with Crippen LogP contribution in [0, 0.1) is 17.6 Å². The van der Waals surface area contributed by atoms with Gasteiger partial charge in [0.05, 0.1) is 18.8 Å². The number of carbonyl (C=O) groups excluding carboxylic acids is 1. The second kappa shape index (κ2) is 12.6. The third kappa shape index (κ3) is 7.76. The average molecular weight is 423 g/mol. The molecule has 1 amide bonds. The summed E-state index contributed by atoms with van der Waals surface area (Å²) in [6, 6.07) is 12.5. The topological polar surface area (TPSA) is 41.6 Å². The first-order valence-corrected chi connectivity index (χ1v) is 10.9. The van der Waals surface area contributed by atoms with E-state index in [4.69, 9.17) is 4.74 Å². The molecule has 2 aliphatic rings. The number of carbonyl (C=O) groups is 1. The van der Waals surface area contributed by atoms with Crippen molar-refractivity contribution in [1.82, 2.24) is 9.62 Å². The minimum absolute atomic E-state index is 0.0353. The Labute approximate surface area is 175 Å². The van der Waals surface area contributed by atoms with Crippen LogP contribution in [0.4, 0.5) is 8.78 Å². The number of rotatable bonds is 3. The van der Waals surface area contributed by atoms with Gasteiger partial charge < -0.3 is 9.64 Å². The van der Waals surface area contributed by atoms with E-state index in [0.717, 1.165) is 39.1 Å². The van der Waals surface area contributed by atoms with Crippen LogP contribution >= 0.6 is 11.9 Å². The Bertz CT molecular complexity index is 729. The predicted molar refractivity (Wildman–Crippen MR) is 114 cm³/mol. The highest BCUT2D eigenvalue weighted by Crippen LogP contribution is 2.31. The van der Waals surface area contributed by atoms with Gasteiger partial charge in [0, 0.05) is 19.0 Å². The highest BCUT2D eigenvalue weighted by atomic mass is 32.2. The van der Waals surface area contributed by atoms with Crippen LogP contribution < -0.4 is 4.72 Å². The number of hydrogen-bond donors (Lipinski definition) is 1. The lowest BCUT2D eigenvalue weighted by atomic mass is 10.0. The van der Waals surface area contributed by atoms with Gasteiger partial charge in [-0.2, -0.15) is 0 Å². The number of ether oxygens (including phenoxy) is 1. The summed E-state index contributed by atoms with van der Waals surface area (Å²) in [6.07, 6.45) is 4.20. The number of nitrogens with zero attached hydrogens (tertiary/aromatic N) is 1. The molecule has 1 aliphatic heterocycles. The van der Waals surface area contributed by atoms with Crippen LogP contribution in [0.25, 0.3) is 11.1 Å². The molecule has 1 N–H and O–H groups in total. The van der Waals surface area contributed by atoms with E-state index in [9.17, 15) is 13.6 Å². The molecule has 4 rings (SSSR count). The molecule has 0 unspecified atom stereocenters. The summed E-state index contributed by atoms with van der Waals surface area (Å²) in [6.45, 7) is 3.04. The summed E-state index contributed by atoms with van der Waals surface area (Å²) in [5, 5.41) is 0. The molecular formula is C22H28F2N2O2S. The van der Waals surface area contributed by atoms with E-state index in [1.165, 1.54) is 18.2 Å². The SMILES string of the molecule is CNSC.Fc1cccc(F)c1-c1ccccc1.O=C(C1CC1)N1CCOCC1. The second-order valence-electron chi connectivity index (χ2n) is 6.58. The molecule has 158 valence electrons. The Balaban J connectivity index is 0.000000179. The quantitative estimate of drug-likeness (QED) is 0.746. The zero-order chi connectivity index (χ0) is 21.1. The molecule has 2 fully saturated rings. The molecule has 0 aromatic heterocycles. The van der Waals surface area contributed by atoms with E-state index in [-0.39, 0.29) is 5.56 Å². The van der Waals surface area contributed by atoms with Crippen molar-refractivity contribution in [3.8, 4) is 11.1 Å². The van der Waals surface area contributed by atoms with Crippen molar-refractivity contribution < 1.29 is 18.3 Å². The van der Waals surface area contributed by atoms with Gasteiger partial charge in [-0.25, -0.2) is 8.78 Å². The van der Waals surface area contributed by atoms with Gasteiger partial charge in [0.2, 0.25) is 5.91 Å². The van der Waals surface area contributed by atoms with E-state index in [0.29, 0.717) is 17.4 Å². The fourth-order valence-electron chi connectivity index (χ4n) is 2.75. The molecule has 0 spiro atoms. The van der Waals surface area contributed by atoms with Crippen LogP contribution in [0.2, 0.25) is 0 Å². The van der Waals surface area contributed by atoms with Gasteiger partial charge in [0.1, 0.15) is 11.6 Å². The predicted octanol–water partition coefficient (Wildman–Crippen LogP) is 4.37. The van der Waals surface area contributed by atoms with Crippen LogP contribution in [0.3, 0.4) is 0 Å². The van der Waals surface area contributed by atoms with E-state index in [2.05, 4.69) is 4.72 Å². The monoisotopic (exact) mass is 422 g/mol. The van der Waals surface area contributed by atoms with Gasteiger partial charge >= 0.3 is 0 Å². The normalized spacial score (nSPS) is 15.5. The lowest BCUT2D eigenvalue weighted by molar-refractivity contribution is -0.136. The maximum absolute atomic E-state index is 13.3. The smallest absolute Gasteiger partial charge is 0.225 e.